The van der Waals surface area contributed by atoms with Crippen LogP contribution in [0.25, 0.3) is 5.69 Å². The lowest BCUT2D eigenvalue weighted by molar-refractivity contribution is -0.137. The van der Waals surface area contributed by atoms with E-state index in [0.29, 0.717) is 17.8 Å². The maximum absolute atomic E-state index is 12.0. The van der Waals surface area contributed by atoms with Gasteiger partial charge in [0, 0.05) is 18.5 Å². The highest BCUT2D eigenvalue weighted by molar-refractivity contribution is 5.94. The van der Waals surface area contributed by atoms with Gasteiger partial charge in [0.2, 0.25) is 0 Å². The molecule has 1 unspecified atom stereocenters. The van der Waals surface area contributed by atoms with E-state index in [4.69, 9.17) is 5.11 Å². The first-order chi connectivity index (χ1) is 10.1. The van der Waals surface area contributed by atoms with Crippen LogP contribution in [0.3, 0.4) is 0 Å². The average molecular weight is 289 g/mol. The van der Waals surface area contributed by atoms with Crippen molar-refractivity contribution in [3.8, 4) is 5.69 Å². The molecule has 0 aliphatic heterocycles. The Morgan fingerprint density at radius 2 is 2.24 bits per heavy atom. The molecule has 2 aromatic rings. The molecule has 8 heteroatoms. The van der Waals surface area contributed by atoms with E-state index in [1.165, 1.54) is 11.0 Å². The molecule has 8 nitrogen and oxygen atoms in total. The Kier molecular flexibility index (Phi) is 4.60. The fraction of sp³-hybridized carbons (Fsp3) is 0.308. The van der Waals surface area contributed by atoms with Crippen molar-refractivity contribution in [1.82, 2.24) is 25.5 Å². The number of hydrogen-bond acceptors (Lipinski definition) is 5. The lowest BCUT2D eigenvalue weighted by Gasteiger charge is -2.10. The number of aliphatic carboxylic acids is 1. The second-order valence-electron chi connectivity index (χ2n) is 4.72. The highest BCUT2D eigenvalue weighted by atomic mass is 16.4. The number of aromatic nitrogens is 4. The molecule has 1 heterocycles. The van der Waals surface area contributed by atoms with Crippen LogP contribution in [0.15, 0.2) is 30.6 Å². The smallest absolute Gasteiger partial charge is 0.303 e. The van der Waals surface area contributed by atoms with Crippen molar-refractivity contribution in [1.29, 1.82) is 0 Å². The largest absolute Gasteiger partial charge is 0.481 e. The van der Waals surface area contributed by atoms with E-state index in [1.807, 2.05) is 0 Å². The summed E-state index contributed by atoms with van der Waals surface area (Å²) < 4.78 is 1.45. The fourth-order valence-electron chi connectivity index (χ4n) is 1.81. The molecular weight excluding hydrogens is 274 g/mol. The summed E-state index contributed by atoms with van der Waals surface area (Å²) in [6, 6.07) is 6.84. The fourth-order valence-corrected chi connectivity index (χ4v) is 1.81. The van der Waals surface area contributed by atoms with E-state index in [1.54, 1.807) is 31.2 Å². The van der Waals surface area contributed by atoms with Gasteiger partial charge in [-0.05, 0) is 34.5 Å². The Morgan fingerprint density at radius 1 is 1.43 bits per heavy atom. The van der Waals surface area contributed by atoms with E-state index in [9.17, 15) is 9.59 Å². The van der Waals surface area contributed by atoms with E-state index in [2.05, 4.69) is 20.8 Å². The zero-order valence-corrected chi connectivity index (χ0v) is 11.4. The summed E-state index contributed by atoms with van der Waals surface area (Å²) in [5, 5.41) is 22.2. The number of benzene rings is 1. The number of hydrogen-bond donors (Lipinski definition) is 2. The highest BCUT2D eigenvalue weighted by Gasteiger charge is 2.11. The average Bonchev–Trinajstić information content (AvgIpc) is 2.98. The number of tetrazole rings is 1. The number of rotatable bonds is 6. The predicted octanol–water partition coefficient (Wildman–Crippen LogP) is 0.503. The van der Waals surface area contributed by atoms with Crippen molar-refractivity contribution in [2.45, 2.75) is 13.3 Å². The van der Waals surface area contributed by atoms with Gasteiger partial charge in [0.25, 0.3) is 5.91 Å². The van der Waals surface area contributed by atoms with Gasteiger partial charge in [0.05, 0.1) is 5.69 Å². The Balaban J connectivity index is 2.00. The van der Waals surface area contributed by atoms with Crippen LogP contribution in [0.4, 0.5) is 0 Å². The molecule has 1 aromatic carbocycles. The highest BCUT2D eigenvalue weighted by Crippen LogP contribution is 2.09. The van der Waals surface area contributed by atoms with Crippen molar-refractivity contribution in [3.05, 3.63) is 36.2 Å². The number of carboxylic acids is 1. The van der Waals surface area contributed by atoms with Crippen molar-refractivity contribution < 1.29 is 14.7 Å². The molecule has 21 heavy (non-hydrogen) atoms. The van der Waals surface area contributed by atoms with E-state index in [-0.39, 0.29) is 18.2 Å². The van der Waals surface area contributed by atoms with Crippen LogP contribution in [0, 0.1) is 5.92 Å². The van der Waals surface area contributed by atoms with Crippen molar-refractivity contribution in [3.63, 3.8) is 0 Å². The third kappa shape index (κ3) is 4.10. The molecule has 0 saturated carbocycles. The minimum atomic E-state index is -0.877. The number of carbonyl (C=O) groups excluding carboxylic acids is 1. The molecule has 0 bridgehead atoms. The summed E-state index contributed by atoms with van der Waals surface area (Å²) in [5.74, 6) is -1.27. The number of nitrogens with one attached hydrogen (secondary N) is 1. The van der Waals surface area contributed by atoms with Gasteiger partial charge in [0.15, 0.2) is 0 Å². The van der Waals surface area contributed by atoms with E-state index >= 15 is 0 Å². The van der Waals surface area contributed by atoms with Gasteiger partial charge in [0.1, 0.15) is 6.33 Å². The summed E-state index contributed by atoms with van der Waals surface area (Å²) in [6.07, 6.45) is 1.46. The summed E-state index contributed by atoms with van der Waals surface area (Å²) in [5.41, 5.74) is 1.14. The number of carboxylic acid groups (broad SMARTS) is 1. The minimum absolute atomic E-state index is 0.0188. The van der Waals surface area contributed by atoms with Gasteiger partial charge in [-0.2, -0.15) is 0 Å². The first-order valence-corrected chi connectivity index (χ1v) is 6.39. The first kappa shape index (κ1) is 14.6. The van der Waals surface area contributed by atoms with Gasteiger partial charge in [-0.25, -0.2) is 4.68 Å². The maximum atomic E-state index is 12.0. The topological polar surface area (TPSA) is 110 Å². The van der Waals surface area contributed by atoms with Gasteiger partial charge < -0.3 is 10.4 Å². The number of amides is 1. The molecule has 0 radical (unpaired) electrons. The van der Waals surface area contributed by atoms with Crippen LogP contribution in [0.5, 0.6) is 0 Å². The summed E-state index contributed by atoms with van der Waals surface area (Å²) >= 11 is 0. The van der Waals surface area contributed by atoms with Crippen LogP contribution < -0.4 is 5.32 Å². The SMILES string of the molecule is CC(CNC(=O)c1cccc(-n2cnnn2)c1)CC(=O)O. The summed E-state index contributed by atoms with van der Waals surface area (Å²) in [6.45, 7) is 2.08. The third-order valence-electron chi connectivity index (χ3n) is 2.86. The lowest BCUT2D eigenvalue weighted by Crippen LogP contribution is -2.29. The Hall–Kier alpha value is -2.77. The van der Waals surface area contributed by atoms with E-state index in [0.717, 1.165) is 0 Å². The van der Waals surface area contributed by atoms with Crippen molar-refractivity contribution in [2.24, 2.45) is 5.92 Å². The first-order valence-electron chi connectivity index (χ1n) is 6.39. The van der Waals surface area contributed by atoms with Gasteiger partial charge >= 0.3 is 5.97 Å². The second kappa shape index (κ2) is 6.60. The second-order valence-corrected chi connectivity index (χ2v) is 4.72. The summed E-state index contributed by atoms with van der Waals surface area (Å²) in [4.78, 5) is 22.6. The monoisotopic (exact) mass is 289 g/mol. The van der Waals surface area contributed by atoms with Crippen LogP contribution >= 0.6 is 0 Å². The number of nitrogens with zero attached hydrogens (tertiary/aromatic N) is 4. The van der Waals surface area contributed by atoms with Gasteiger partial charge in [-0.1, -0.05) is 13.0 Å². The molecule has 1 atom stereocenters. The molecule has 0 aliphatic carbocycles. The van der Waals surface area contributed by atoms with Crippen LogP contribution in [-0.4, -0.2) is 43.7 Å². The molecule has 2 N–H and O–H groups in total. The molecule has 1 aromatic heterocycles. The Morgan fingerprint density at radius 3 is 2.90 bits per heavy atom. The minimum Gasteiger partial charge on any atom is -0.481 e. The molecule has 0 aliphatic rings. The molecule has 0 fully saturated rings. The molecule has 0 spiro atoms. The van der Waals surface area contributed by atoms with Crippen molar-refractivity contribution in [2.75, 3.05) is 6.54 Å². The standard InChI is InChI=1S/C13H15N5O3/c1-9(5-12(19)20)7-14-13(21)10-3-2-4-11(6-10)18-8-15-16-17-18/h2-4,6,8-9H,5,7H2,1H3,(H,14,21)(H,19,20). The molecular formula is C13H15N5O3. The lowest BCUT2D eigenvalue weighted by atomic mass is 10.1. The Bertz CT molecular complexity index is 626. The zero-order valence-electron chi connectivity index (χ0n) is 11.4. The van der Waals surface area contributed by atoms with Crippen LogP contribution in [0.2, 0.25) is 0 Å². The molecule has 0 saturated heterocycles. The van der Waals surface area contributed by atoms with Gasteiger partial charge in [-0.15, -0.1) is 5.10 Å². The van der Waals surface area contributed by atoms with Crippen LogP contribution in [-0.2, 0) is 4.79 Å². The van der Waals surface area contributed by atoms with E-state index < -0.39 is 5.97 Å². The van der Waals surface area contributed by atoms with Crippen LogP contribution in [0.1, 0.15) is 23.7 Å². The molecule has 1 amide bonds. The predicted molar refractivity (Wildman–Crippen MR) is 72.9 cm³/mol. The maximum Gasteiger partial charge on any atom is 0.303 e. The van der Waals surface area contributed by atoms with Gasteiger partial charge in [-0.3, -0.25) is 9.59 Å². The quantitative estimate of drug-likeness (QED) is 0.801. The Labute approximate surface area is 120 Å². The number of carbonyl (C=O) groups is 2. The zero-order chi connectivity index (χ0) is 15.2. The normalized spacial score (nSPS) is 11.9. The summed E-state index contributed by atoms with van der Waals surface area (Å²) in [7, 11) is 0. The third-order valence-corrected chi connectivity index (χ3v) is 2.86. The molecule has 2 rings (SSSR count). The van der Waals surface area contributed by atoms with Crippen molar-refractivity contribution >= 4 is 11.9 Å². The molecule has 110 valence electrons.